The molecule has 1 atom stereocenters. The highest BCUT2D eigenvalue weighted by molar-refractivity contribution is 5.26. The SMILES string of the molecule is Cc1ccn(-c2ccc(C(C)N)cn2)n1. The van der Waals surface area contributed by atoms with Crippen LogP contribution in [0.15, 0.2) is 30.6 Å². The lowest BCUT2D eigenvalue weighted by Crippen LogP contribution is -2.06. The van der Waals surface area contributed by atoms with Crippen LogP contribution in [-0.2, 0) is 0 Å². The second-order valence-electron chi connectivity index (χ2n) is 3.64. The summed E-state index contributed by atoms with van der Waals surface area (Å²) in [5, 5.41) is 4.28. The first-order chi connectivity index (χ1) is 7.16. The van der Waals surface area contributed by atoms with E-state index in [1.165, 1.54) is 0 Å². The average molecular weight is 202 g/mol. The molecule has 0 radical (unpaired) electrons. The van der Waals surface area contributed by atoms with Gasteiger partial charge in [0.15, 0.2) is 5.82 Å². The summed E-state index contributed by atoms with van der Waals surface area (Å²) < 4.78 is 1.75. The van der Waals surface area contributed by atoms with Crippen LogP contribution in [0.25, 0.3) is 5.82 Å². The topological polar surface area (TPSA) is 56.7 Å². The summed E-state index contributed by atoms with van der Waals surface area (Å²) in [7, 11) is 0. The fourth-order valence-electron chi connectivity index (χ4n) is 1.35. The van der Waals surface area contributed by atoms with Gasteiger partial charge in [-0.15, -0.1) is 0 Å². The molecule has 0 fully saturated rings. The van der Waals surface area contributed by atoms with E-state index in [0.29, 0.717) is 0 Å². The highest BCUT2D eigenvalue weighted by atomic mass is 15.3. The molecule has 0 amide bonds. The molecule has 78 valence electrons. The van der Waals surface area contributed by atoms with Gasteiger partial charge in [0.25, 0.3) is 0 Å². The Morgan fingerprint density at radius 1 is 1.33 bits per heavy atom. The fraction of sp³-hybridized carbons (Fsp3) is 0.273. The Balaban J connectivity index is 2.31. The third-order valence-electron chi connectivity index (χ3n) is 2.25. The van der Waals surface area contributed by atoms with Gasteiger partial charge in [-0.3, -0.25) is 0 Å². The van der Waals surface area contributed by atoms with Gasteiger partial charge < -0.3 is 5.73 Å². The predicted octanol–water partition coefficient (Wildman–Crippen LogP) is 1.60. The zero-order valence-corrected chi connectivity index (χ0v) is 8.88. The second kappa shape index (κ2) is 3.82. The first kappa shape index (κ1) is 9.86. The molecule has 0 bridgehead atoms. The van der Waals surface area contributed by atoms with Crippen molar-refractivity contribution in [2.75, 3.05) is 0 Å². The number of hydrogen-bond donors (Lipinski definition) is 1. The van der Waals surface area contributed by atoms with Gasteiger partial charge >= 0.3 is 0 Å². The third kappa shape index (κ3) is 2.05. The third-order valence-corrected chi connectivity index (χ3v) is 2.25. The largest absolute Gasteiger partial charge is 0.324 e. The molecule has 2 heterocycles. The van der Waals surface area contributed by atoms with Crippen LogP contribution in [-0.4, -0.2) is 14.8 Å². The Hall–Kier alpha value is -1.68. The smallest absolute Gasteiger partial charge is 0.153 e. The highest BCUT2D eigenvalue weighted by Crippen LogP contribution is 2.10. The van der Waals surface area contributed by atoms with Gasteiger partial charge in [0.1, 0.15) is 0 Å². The van der Waals surface area contributed by atoms with E-state index in [9.17, 15) is 0 Å². The maximum atomic E-state index is 5.74. The number of pyridine rings is 1. The molecule has 0 aliphatic heterocycles. The summed E-state index contributed by atoms with van der Waals surface area (Å²) in [5.74, 6) is 0.813. The van der Waals surface area contributed by atoms with E-state index in [1.54, 1.807) is 10.9 Å². The number of aromatic nitrogens is 3. The van der Waals surface area contributed by atoms with E-state index in [1.807, 2.05) is 38.2 Å². The van der Waals surface area contributed by atoms with Crippen LogP contribution >= 0.6 is 0 Å². The Bertz CT molecular complexity index is 442. The lowest BCUT2D eigenvalue weighted by molar-refractivity contribution is 0.794. The number of hydrogen-bond acceptors (Lipinski definition) is 3. The van der Waals surface area contributed by atoms with Gasteiger partial charge in [-0.05, 0) is 31.5 Å². The lowest BCUT2D eigenvalue weighted by Gasteiger charge is -2.05. The molecule has 2 aromatic heterocycles. The molecule has 0 aromatic carbocycles. The fourth-order valence-corrected chi connectivity index (χ4v) is 1.35. The number of rotatable bonds is 2. The zero-order valence-electron chi connectivity index (χ0n) is 8.88. The van der Waals surface area contributed by atoms with Crippen molar-refractivity contribution in [3.05, 3.63) is 41.9 Å². The first-order valence-electron chi connectivity index (χ1n) is 4.91. The van der Waals surface area contributed by atoms with Crippen molar-refractivity contribution in [1.29, 1.82) is 0 Å². The van der Waals surface area contributed by atoms with Gasteiger partial charge in [0.05, 0.1) is 5.69 Å². The molecule has 0 aliphatic rings. The normalized spacial score (nSPS) is 12.7. The molecular formula is C11H14N4. The quantitative estimate of drug-likeness (QED) is 0.804. The van der Waals surface area contributed by atoms with Gasteiger partial charge in [0, 0.05) is 18.4 Å². The maximum absolute atomic E-state index is 5.74. The summed E-state index contributed by atoms with van der Waals surface area (Å²) in [6, 6.07) is 5.86. The van der Waals surface area contributed by atoms with Crippen molar-refractivity contribution >= 4 is 0 Å². The van der Waals surface area contributed by atoms with Crippen LogP contribution in [0.3, 0.4) is 0 Å². The molecule has 0 saturated carbocycles. The highest BCUT2D eigenvalue weighted by Gasteiger charge is 2.02. The van der Waals surface area contributed by atoms with Crippen molar-refractivity contribution in [2.45, 2.75) is 19.9 Å². The van der Waals surface area contributed by atoms with Gasteiger partial charge in [-0.25, -0.2) is 9.67 Å². The standard InChI is InChI=1S/C11H14N4/c1-8-5-6-15(14-8)11-4-3-10(7-13-11)9(2)12/h3-7,9H,12H2,1-2H3. The molecule has 0 spiro atoms. The lowest BCUT2D eigenvalue weighted by atomic mass is 10.2. The van der Waals surface area contributed by atoms with Gasteiger partial charge in [-0.1, -0.05) is 6.07 Å². The molecule has 1 unspecified atom stereocenters. The van der Waals surface area contributed by atoms with Gasteiger partial charge in [0.2, 0.25) is 0 Å². The van der Waals surface area contributed by atoms with E-state index in [4.69, 9.17) is 5.73 Å². The zero-order chi connectivity index (χ0) is 10.8. The van der Waals surface area contributed by atoms with E-state index in [0.717, 1.165) is 17.1 Å². The van der Waals surface area contributed by atoms with Crippen molar-refractivity contribution in [3.8, 4) is 5.82 Å². The minimum atomic E-state index is 0.0194. The summed E-state index contributed by atoms with van der Waals surface area (Å²) in [6.45, 7) is 3.89. The first-order valence-corrected chi connectivity index (χ1v) is 4.91. The molecule has 0 saturated heterocycles. The predicted molar refractivity (Wildman–Crippen MR) is 58.7 cm³/mol. The second-order valence-corrected chi connectivity index (χ2v) is 3.64. The van der Waals surface area contributed by atoms with Gasteiger partial charge in [-0.2, -0.15) is 5.10 Å². The van der Waals surface area contributed by atoms with Crippen molar-refractivity contribution in [1.82, 2.24) is 14.8 Å². The summed E-state index contributed by atoms with van der Waals surface area (Å²) in [6.07, 6.45) is 3.68. The molecule has 4 heteroatoms. The molecule has 0 aliphatic carbocycles. The molecule has 2 N–H and O–H groups in total. The summed E-state index contributed by atoms with van der Waals surface area (Å²) in [4.78, 5) is 4.30. The number of nitrogens with zero attached hydrogens (tertiary/aromatic N) is 3. The number of aryl methyl sites for hydroxylation is 1. The van der Waals surface area contributed by atoms with E-state index < -0.39 is 0 Å². The number of nitrogens with two attached hydrogens (primary N) is 1. The van der Waals surface area contributed by atoms with Crippen molar-refractivity contribution < 1.29 is 0 Å². The van der Waals surface area contributed by atoms with Crippen LogP contribution in [0, 0.1) is 6.92 Å². The monoisotopic (exact) mass is 202 g/mol. The molecule has 2 rings (SSSR count). The molecule has 2 aromatic rings. The van der Waals surface area contributed by atoms with E-state index >= 15 is 0 Å². The van der Waals surface area contributed by atoms with Crippen molar-refractivity contribution in [3.63, 3.8) is 0 Å². The van der Waals surface area contributed by atoms with Crippen LogP contribution in [0.2, 0.25) is 0 Å². The Labute approximate surface area is 88.8 Å². The maximum Gasteiger partial charge on any atom is 0.153 e. The summed E-state index contributed by atoms with van der Waals surface area (Å²) >= 11 is 0. The van der Waals surface area contributed by atoms with Crippen LogP contribution < -0.4 is 5.73 Å². The van der Waals surface area contributed by atoms with Crippen LogP contribution in [0.4, 0.5) is 0 Å². The molecule has 15 heavy (non-hydrogen) atoms. The van der Waals surface area contributed by atoms with Crippen LogP contribution in [0.1, 0.15) is 24.2 Å². The Morgan fingerprint density at radius 2 is 2.13 bits per heavy atom. The Kier molecular flexibility index (Phi) is 2.51. The Morgan fingerprint density at radius 3 is 2.60 bits per heavy atom. The van der Waals surface area contributed by atoms with Crippen molar-refractivity contribution in [2.24, 2.45) is 5.73 Å². The molecule has 4 nitrogen and oxygen atoms in total. The minimum absolute atomic E-state index is 0.0194. The average Bonchev–Trinajstić information content (AvgIpc) is 2.65. The summed E-state index contributed by atoms with van der Waals surface area (Å²) in [5.41, 5.74) is 7.75. The van der Waals surface area contributed by atoms with E-state index in [-0.39, 0.29) is 6.04 Å². The minimum Gasteiger partial charge on any atom is -0.324 e. The van der Waals surface area contributed by atoms with Crippen LogP contribution in [0.5, 0.6) is 0 Å². The van der Waals surface area contributed by atoms with E-state index in [2.05, 4.69) is 10.1 Å². The molecular weight excluding hydrogens is 188 g/mol.